The first-order chi connectivity index (χ1) is 10.4. The van der Waals surface area contributed by atoms with E-state index in [9.17, 15) is 19.2 Å². The molecule has 0 bridgehead atoms. The lowest BCUT2D eigenvalue weighted by atomic mass is 9.67. The van der Waals surface area contributed by atoms with Gasteiger partial charge in [-0.05, 0) is 18.3 Å². The molecule has 0 N–H and O–H groups in total. The van der Waals surface area contributed by atoms with Crippen LogP contribution < -0.4 is 0 Å². The highest BCUT2D eigenvalue weighted by atomic mass is 16.5. The molecule has 0 atom stereocenters. The highest BCUT2D eigenvalue weighted by Gasteiger charge is 2.36. The Balaban J connectivity index is 2.69. The molecule has 1 rings (SSSR count). The van der Waals surface area contributed by atoms with Crippen molar-refractivity contribution in [1.82, 2.24) is 0 Å². The quantitative estimate of drug-likeness (QED) is 0.503. The van der Waals surface area contributed by atoms with E-state index in [1.807, 2.05) is 0 Å². The van der Waals surface area contributed by atoms with Crippen LogP contribution in [0.4, 0.5) is 0 Å². The minimum Gasteiger partial charge on any atom is -0.469 e. The van der Waals surface area contributed by atoms with Crippen molar-refractivity contribution in [2.45, 2.75) is 57.8 Å². The summed E-state index contributed by atoms with van der Waals surface area (Å²) < 4.78 is 9.01. The molecule has 0 spiro atoms. The monoisotopic (exact) mass is 312 g/mol. The minimum absolute atomic E-state index is 0.189. The van der Waals surface area contributed by atoms with Gasteiger partial charge in [-0.25, -0.2) is 0 Å². The molecule has 0 aromatic rings. The number of ketones is 2. The van der Waals surface area contributed by atoms with Crippen LogP contribution in [0.25, 0.3) is 0 Å². The van der Waals surface area contributed by atoms with Crippen LogP contribution in [0.2, 0.25) is 0 Å². The first kappa shape index (κ1) is 18.3. The number of Topliss-reactive ketones (excluding diaryl/α,β-unsaturated/α-hetero) is 2. The van der Waals surface area contributed by atoms with Gasteiger partial charge in [-0.15, -0.1) is 0 Å². The summed E-state index contributed by atoms with van der Waals surface area (Å²) in [4.78, 5) is 46.5. The Hall–Kier alpha value is -1.72. The molecule has 0 unspecified atom stereocenters. The predicted octanol–water partition coefficient (Wildman–Crippen LogP) is 1.98. The molecule has 0 aliphatic heterocycles. The van der Waals surface area contributed by atoms with E-state index in [1.54, 1.807) is 0 Å². The Labute approximate surface area is 130 Å². The van der Waals surface area contributed by atoms with Gasteiger partial charge < -0.3 is 9.47 Å². The third-order valence-electron chi connectivity index (χ3n) is 4.20. The second kappa shape index (κ2) is 8.66. The van der Waals surface area contributed by atoms with E-state index in [-0.39, 0.29) is 37.2 Å². The summed E-state index contributed by atoms with van der Waals surface area (Å²) in [6, 6.07) is 0. The number of carbonyl (C=O) groups excluding carboxylic acids is 4. The van der Waals surface area contributed by atoms with Gasteiger partial charge in [-0.1, -0.05) is 19.3 Å². The number of ether oxygens (including phenoxy) is 2. The molecule has 0 radical (unpaired) electrons. The molecule has 6 nitrogen and oxygen atoms in total. The molecular weight excluding hydrogens is 288 g/mol. The van der Waals surface area contributed by atoms with E-state index in [4.69, 9.17) is 0 Å². The van der Waals surface area contributed by atoms with Gasteiger partial charge in [0.25, 0.3) is 0 Å². The van der Waals surface area contributed by atoms with Crippen molar-refractivity contribution in [3.05, 3.63) is 0 Å². The Bertz CT molecular complexity index is 400. The summed E-state index contributed by atoms with van der Waals surface area (Å²) in [6.07, 6.45) is 4.39. The summed E-state index contributed by atoms with van der Waals surface area (Å²) in [5.74, 6) is -1.53. The maximum absolute atomic E-state index is 12.0. The van der Waals surface area contributed by atoms with Gasteiger partial charge in [0, 0.05) is 12.8 Å². The van der Waals surface area contributed by atoms with Crippen molar-refractivity contribution in [3.8, 4) is 0 Å². The molecule has 6 heteroatoms. The molecule has 22 heavy (non-hydrogen) atoms. The van der Waals surface area contributed by atoms with Gasteiger partial charge in [0.05, 0.1) is 14.2 Å². The number of hydrogen-bond acceptors (Lipinski definition) is 6. The van der Waals surface area contributed by atoms with Gasteiger partial charge >= 0.3 is 11.9 Å². The molecular formula is C16H24O6. The summed E-state index contributed by atoms with van der Waals surface area (Å²) in [6.45, 7) is 0. The molecule has 1 saturated carbocycles. The van der Waals surface area contributed by atoms with E-state index < -0.39 is 17.4 Å². The third-order valence-corrected chi connectivity index (χ3v) is 4.20. The maximum atomic E-state index is 12.0. The number of methoxy groups -OCH3 is 2. The Morgan fingerprint density at radius 3 is 1.55 bits per heavy atom. The fourth-order valence-electron chi connectivity index (χ4n) is 3.15. The molecule has 0 saturated heterocycles. The number of rotatable bonds is 8. The normalized spacial score (nSPS) is 16.6. The zero-order valence-corrected chi connectivity index (χ0v) is 13.3. The largest absolute Gasteiger partial charge is 0.469 e. The fourth-order valence-corrected chi connectivity index (χ4v) is 3.15. The fraction of sp³-hybridized carbons (Fsp3) is 0.750. The molecule has 124 valence electrons. The minimum atomic E-state index is -0.558. The van der Waals surface area contributed by atoms with Gasteiger partial charge in [-0.2, -0.15) is 0 Å². The molecule has 1 fully saturated rings. The smallest absolute Gasteiger partial charge is 0.313 e. The first-order valence-electron chi connectivity index (χ1n) is 7.58. The summed E-state index contributed by atoms with van der Waals surface area (Å²) in [5, 5.41) is 0. The lowest BCUT2D eigenvalue weighted by Crippen LogP contribution is -2.31. The maximum Gasteiger partial charge on any atom is 0.313 e. The van der Waals surface area contributed by atoms with E-state index in [1.165, 1.54) is 14.2 Å². The van der Waals surface area contributed by atoms with Crippen LogP contribution in [0.5, 0.6) is 0 Å². The summed E-state index contributed by atoms with van der Waals surface area (Å²) >= 11 is 0. The Morgan fingerprint density at radius 2 is 1.18 bits per heavy atom. The number of esters is 2. The predicted molar refractivity (Wildman–Crippen MR) is 78.0 cm³/mol. The SMILES string of the molecule is COC(=O)CC(=O)CC1(CC(=O)CC(=O)OC)CCCCC1. The van der Waals surface area contributed by atoms with Crippen LogP contribution in [0.1, 0.15) is 57.8 Å². The molecule has 0 amide bonds. The van der Waals surface area contributed by atoms with Crippen molar-refractivity contribution in [1.29, 1.82) is 0 Å². The average Bonchev–Trinajstić information content (AvgIpc) is 2.47. The zero-order valence-electron chi connectivity index (χ0n) is 13.3. The molecule has 0 aromatic heterocycles. The van der Waals surface area contributed by atoms with Crippen molar-refractivity contribution in [2.24, 2.45) is 5.41 Å². The molecule has 0 heterocycles. The summed E-state index contributed by atoms with van der Waals surface area (Å²) in [7, 11) is 2.48. The molecule has 0 aromatic carbocycles. The van der Waals surface area contributed by atoms with Crippen molar-refractivity contribution in [3.63, 3.8) is 0 Å². The summed E-state index contributed by atoms with van der Waals surface area (Å²) in [5.41, 5.74) is -0.422. The zero-order chi connectivity index (χ0) is 16.6. The molecule has 1 aliphatic carbocycles. The lowest BCUT2D eigenvalue weighted by molar-refractivity contribution is -0.144. The standard InChI is InChI=1S/C16H24O6/c1-21-14(19)8-12(17)10-16(6-4-3-5-7-16)11-13(18)9-15(20)22-2/h3-11H2,1-2H3. The van der Waals surface area contributed by atoms with Crippen LogP contribution in [0.15, 0.2) is 0 Å². The van der Waals surface area contributed by atoms with Crippen LogP contribution in [-0.2, 0) is 28.7 Å². The van der Waals surface area contributed by atoms with Gasteiger partial charge in [-0.3, -0.25) is 19.2 Å². The van der Waals surface area contributed by atoms with Crippen molar-refractivity contribution >= 4 is 23.5 Å². The third kappa shape index (κ3) is 5.95. The molecule has 1 aliphatic rings. The van der Waals surface area contributed by atoms with E-state index >= 15 is 0 Å². The van der Waals surface area contributed by atoms with Gasteiger partial charge in [0.15, 0.2) is 0 Å². The second-order valence-electron chi connectivity index (χ2n) is 6.00. The van der Waals surface area contributed by atoms with Crippen LogP contribution in [-0.4, -0.2) is 37.7 Å². The van der Waals surface area contributed by atoms with Gasteiger partial charge in [0.1, 0.15) is 24.4 Å². The number of carbonyl (C=O) groups is 4. The van der Waals surface area contributed by atoms with Crippen molar-refractivity contribution < 1.29 is 28.7 Å². The Morgan fingerprint density at radius 1 is 0.773 bits per heavy atom. The topological polar surface area (TPSA) is 86.7 Å². The highest BCUT2D eigenvalue weighted by molar-refractivity contribution is 5.97. The van der Waals surface area contributed by atoms with Crippen LogP contribution >= 0.6 is 0 Å². The van der Waals surface area contributed by atoms with E-state index in [0.29, 0.717) is 0 Å². The van der Waals surface area contributed by atoms with Gasteiger partial charge in [0.2, 0.25) is 0 Å². The lowest BCUT2D eigenvalue weighted by Gasteiger charge is -2.36. The highest BCUT2D eigenvalue weighted by Crippen LogP contribution is 2.43. The number of hydrogen-bond donors (Lipinski definition) is 0. The van der Waals surface area contributed by atoms with Crippen LogP contribution in [0.3, 0.4) is 0 Å². The van der Waals surface area contributed by atoms with E-state index in [2.05, 4.69) is 9.47 Å². The first-order valence-corrected chi connectivity index (χ1v) is 7.58. The van der Waals surface area contributed by atoms with Crippen molar-refractivity contribution in [2.75, 3.05) is 14.2 Å². The Kier molecular flexibility index (Phi) is 7.21. The van der Waals surface area contributed by atoms with E-state index in [0.717, 1.165) is 32.1 Å². The van der Waals surface area contributed by atoms with Crippen LogP contribution in [0, 0.1) is 5.41 Å². The second-order valence-corrected chi connectivity index (χ2v) is 6.00. The average molecular weight is 312 g/mol.